The summed E-state index contributed by atoms with van der Waals surface area (Å²) in [4.78, 5) is 0. The van der Waals surface area contributed by atoms with Gasteiger partial charge in [-0.15, -0.1) is 0 Å². The Balaban J connectivity index is 1.47. The lowest BCUT2D eigenvalue weighted by atomic mass is 9.92. The van der Waals surface area contributed by atoms with Gasteiger partial charge in [-0.3, -0.25) is 0 Å². The molecule has 0 radical (unpaired) electrons. The van der Waals surface area contributed by atoms with E-state index in [1.807, 2.05) is 0 Å². The average Bonchev–Trinajstić information content (AvgIpc) is 3.21. The van der Waals surface area contributed by atoms with Crippen molar-refractivity contribution in [3.63, 3.8) is 0 Å². The molecule has 1 nitrogen and oxygen atoms in total. The summed E-state index contributed by atoms with van der Waals surface area (Å²) in [6.07, 6.45) is 0. The van der Waals surface area contributed by atoms with Gasteiger partial charge in [0.1, 0.15) is 0 Å². The second kappa shape index (κ2) is 7.33. The summed E-state index contributed by atoms with van der Waals surface area (Å²) in [5.41, 5.74) is 7.50. The highest BCUT2D eigenvalue weighted by atomic mass is 15.0. The number of benzene rings is 6. The number of hydrogen-bond acceptors (Lipinski definition) is 0. The molecule has 0 aliphatic rings. The van der Waals surface area contributed by atoms with Crippen LogP contribution in [-0.2, 0) is 0 Å². The van der Waals surface area contributed by atoms with Crippen LogP contribution < -0.4 is 0 Å². The standard InChI is InChI=1S/C33H23N/c1-22-14-19-32-30(20-22)29-12-6-7-13-31(29)34(32)26-17-15-23(16-18-26)33-27-10-4-2-8-24(27)21-25-9-3-5-11-28(25)33/h2-21H,1H3. The van der Waals surface area contributed by atoms with Crippen molar-refractivity contribution in [3.8, 4) is 16.8 Å². The molecule has 1 heterocycles. The van der Waals surface area contributed by atoms with Crippen LogP contribution in [0.4, 0.5) is 0 Å². The number of nitrogens with zero attached hydrogens (tertiary/aromatic N) is 1. The molecule has 0 N–H and O–H groups in total. The molecule has 0 spiro atoms. The van der Waals surface area contributed by atoms with Gasteiger partial charge in [-0.05, 0) is 76.0 Å². The van der Waals surface area contributed by atoms with Gasteiger partial charge in [0.25, 0.3) is 0 Å². The maximum absolute atomic E-state index is 2.38. The normalized spacial score (nSPS) is 11.7. The van der Waals surface area contributed by atoms with E-state index in [0.717, 1.165) is 0 Å². The monoisotopic (exact) mass is 433 g/mol. The molecule has 7 aromatic rings. The van der Waals surface area contributed by atoms with Gasteiger partial charge in [-0.1, -0.05) is 90.5 Å². The minimum Gasteiger partial charge on any atom is -0.309 e. The van der Waals surface area contributed by atoms with Gasteiger partial charge in [0.15, 0.2) is 0 Å². The van der Waals surface area contributed by atoms with E-state index in [1.54, 1.807) is 0 Å². The Morgan fingerprint density at radius 1 is 0.471 bits per heavy atom. The fraction of sp³-hybridized carbons (Fsp3) is 0.0303. The molecule has 1 heteroatoms. The van der Waals surface area contributed by atoms with Crippen molar-refractivity contribution in [1.29, 1.82) is 0 Å². The predicted octanol–water partition coefficient (Wildman–Crippen LogP) is 9.07. The Hall–Kier alpha value is -4.36. The molecule has 6 aromatic carbocycles. The molecule has 0 atom stereocenters. The first-order valence-corrected chi connectivity index (χ1v) is 11.8. The number of aryl methyl sites for hydroxylation is 1. The molecule has 0 bridgehead atoms. The van der Waals surface area contributed by atoms with Gasteiger partial charge in [0.2, 0.25) is 0 Å². The molecule has 0 saturated heterocycles. The van der Waals surface area contributed by atoms with Crippen molar-refractivity contribution < 1.29 is 0 Å². The SMILES string of the molecule is Cc1ccc2c(c1)c1ccccc1n2-c1ccc(-c2c3ccccc3cc3ccccc23)cc1. The van der Waals surface area contributed by atoms with Crippen LogP contribution in [0, 0.1) is 6.92 Å². The van der Waals surface area contributed by atoms with Crippen molar-refractivity contribution >= 4 is 43.4 Å². The summed E-state index contributed by atoms with van der Waals surface area (Å²) in [7, 11) is 0. The molecule has 7 rings (SSSR count). The molecular formula is C33H23N. The summed E-state index contributed by atoms with van der Waals surface area (Å²) in [6.45, 7) is 2.16. The Kier molecular flexibility index (Phi) is 4.13. The van der Waals surface area contributed by atoms with Crippen LogP contribution in [-0.4, -0.2) is 4.57 Å². The third-order valence-electron chi connectivity index (χ3n) is 7.01. The zero-order valence-corrected chi connectivity index (χ0v) is 19.0. The zero-order chi connectivity index (χ0) is 22.6. The van der Waals surface area contributed by atoms with Crippen LogP contribution in [0.2, 0.25) is 0 Å². The summed E-state index contributed by atoms with van der Waals surface area (Å²) >= 11 is 0. The molecule has 0 fully saturated rings. The fourth-order valence-electron chi connectivity index (χ4n) is 5.47. The van der Waals surface area contributed by atoms with Crippen molar-refractivity contribution in [2.24, 2.45) is 0 Å². The highest BCUT2D eigenvalue weighted by molar-refractivity contribution is 6.13. The molecule has 1 aromatic heterocycles. The highest BCUT2D eigenvalue weighted by Crippen LogP contribution is 2.38. The molecule has 160 valence electrons. The average molecular weight is 434 g/mol. The van der Waals surface area contributed by atoms with Crippen LogP contribution in [0.1, 0.15) is 5.56 Å². The largest absolute Gasteiger partial charge is 0.309 e. The second-order valence-electron chi connectivity index (χ2n) is 9.11. The summed E-state index contributed by atoms with van der Waals surface area (Å²) in [6, 6.07) is 44.2. The van der Waals surface area contributed by atoms with Crippen LogP contribution in [0.25, 0.3) is 60.2 Å². The number of hydrogen-bond donors (Lipinski definition) is 0. The molecule has 0 unspecified atom stereocenters. The minimum absolute atomic E-state index is 1.18. The third-order valence-corrected chi connectivity index (χ3v) is 7.01. The Labute approximate surface area is 198 Å². The summed E-state index contributed by atoms with van der Waals surface area (Å²) < 4.78 is 2.38. The van der Waals surface area contributed by atoms with E-state index in [4.69, 9.17) is 0 Å². The van der Waals surface area contributed by atoms with Crippen molar-refractivity contribution in [2.75, 3.05) is 0 Å². The Bertz CT molecular complexity index is 1800. The van der Waals surface area contributed by atoms with Crippen LogP contribution in [0.15, 0.2) is 121 Å². The van der Waals surface area contributed by atoms with Crippen LogP contribution in [0.5, 0.6) is 0 Å². The van der Waals surface area contributed by atoms with Gasteiger partial charge >= 0.3 is 0 Å². The van der Waals surface area contributed by atoms with Crippen molar-refractivity contribution in [2.45, 2.75) is 6.92 Å². The van der Waals surface area contributed by atoms with Gasteiger partial charge < -0.3 is 4.57 Å². The number of fused-ring (bicyclic) bond motifs is 5. The maximum atomic E-state index is 2.38. The van der Waals surface area contributed by atoms with Gasteiger partial charge in [0.05, 0.1) is 11.0 Å². The van der Waals surface area contributed by atoms with E-state index in [1.165, 1.54) is 65.7 Å². The quantitative estimate of drug-likeness (QED) is 0.240. The van der Waals surface area contributed by atoms with E-state index >= 15 is 0 Å². The van der Waals surface area contributed by atoms with E-state index in [2.05, 4.69) is 133 Å². The topological polar surface area (TPSA) is 4.93 Å². The van der Waals surface area contributed by atoms with Gasteiger partial charge in [0, 0.05) is 16.5 Å². The first-order chi connectivity index (χ1) is 16.8. The molecule has 0 aliphatic carbocycles. The molecule has 0 saturated carbocycles. The lowest BCUT2D eigenvalue weighted by Gasteiger charge is -2.14. The fourth-order valence-corrected chi connectivity index (χ4v) is 5.47. The molecule has 0 aliphatic heterocycles. The smallest absolute Gasteiger partial charge is 0.0541 e. The van der Waals surface area contributed by atoms with E-state index in [0.29, 0.717) is 0 Å². The van der Waals surface area contributed by atoms with E-state index in [-0.39, 0.29) is 0 Å². The van der Waals surface area contributed by atoms with Crippen LogP contribution in [0.3, 0.4) is 0 Å². The number of rotatable bonds is 2. The lowest BCUT2D eigenvalue weighted by Crippen LogP contribution is -1.94. The van der Waals surface area contributed by atoms with E-state index < -0.39 is 0 Å². The first kappa shape index (κ1) is 19.1. The van der Waals surface area contributed by atoms with Crippen LogP contribution >= 0.6 is 0 Å². The maximum Gasteiger partial charge on any atom is 0.0541 e. The van der Waals surface area contributed by atoms with Gasteiger partial charge in [-0.2, -0.15) is 0 Å². The Morgan fingerprint density at radius 3 is 1.76 bits per heavy atom. The summed E-state index contributed by atoms with van der Waals surface area (Å²) in [5, 5.41) is 7.74. The first-order valence-electron chi connectivity index (χ1n) is 11.8. The Morgan fingerprint density at radius 2 is 1.06 bits per heavy atom. The predicted molar refractivity (Wildman–Crippen MR) is 146 cm³/mol. The lowest BCUT2D eigenvalue weighted by molar-refractivity contribution is 1.18. The highest BCUT2D eigenvalue weighted by Gasteiger charge is 2.13. The number of aromatic nitrogens is 1. The number of para-hydroxylation sites is 1. The van der Waals surface area contributed by atoms with Gasteiger partial charge in [-0.25, -0.2) is 0 Å². The minimum atomic E-state index is 1.18. The van der Waals surface area contributed by atoms with E-state index in [9.17, 15) is 0 Å². The molecular weight excluding hydrogens is 410 g/mol. The zero-order valence-electron chi connectivity index (χ0n) is 19.0. The van der Waals surface area contributed by atoms with Crippen molar-refractivity contribution in [1.82, 2.24) is 4.57 Å². The van der Waals surface area contributed by atoms with Crippen molar-refractivity contribution in [3.05, 3.63) is 127 Å². The second-order valence-corrected chi connectivity index (χ2v) is 9.11. The molecule has 34 heavy (non-hydrogen) atoms. The molecule has 0 amide bonds. The third kappa shape index (κ3) is 2.80. The summed E-state index contributed by atoms with van der Waals surface area (Å²) in [5.74, 6) is 0.